The van der Waals surface area contributed by atoms with Crippen molar-refractivity contribution in [2.45, 2.75) is 12.5 Å². The molecule has 5 heteroatoms. The van der Waals surface area contributed by atoms with E-state index in [0.29, 0.717) is 29.8 Å². The van der Waals surface area contributed by atoms with E-state index in [0.717, 1.165) is 5.75 Å². The van der Waals surface area contributed by atoms with Gasteiger partial charge in [0.25, 0.3) is 5.91 Å². The molecule has 0 saturated carbocycles. The molecule has 1 atom stereocenters. The molecule has 0 aliphatic carbocycles. The van der Waals surface area contributed by atoms with E-state index >= 15 is 0 Å². The van der Waals surface area contributed by atoms with Gasteiger partial charge in [-0.05, 0) is 48.9 Å². The number of hydrogen-bond donors (Lipinski definition) is 2. The highest BCUT2D eigenvalue weighted by Crippen LogP contribution is 2.21. The molecule has 1 aromatic heterocycles. The Labute approximate surface area is 145 Å². The van der Waals surface area contributed by atoms with Crippen molar-refractivity contribution in [2.75, 3.05) is 6.54 Å². The number of nitrogens with one attached hydrogen (secondary N) is 1. The van der Waals surface area contributed by atoms with Crippen molar-refractivity contribution in [3.63, 3.8) is 0 Å². The molecule has 0 aliphatic heterocycles. The summed E-state index contributed by atoms with van der Waals surface area (Å²) in [6.07, 6.45) is 2.77. The van der Waals surface area contributed by atoms with Crippen LogP contribution in [-0.2, 0) is 0 Å². The van der Waals surface area contributed by atoms with Gasteiger partial charge in [0.1, 0.15) is 11.5 Å². The van der Waals surface area contributed by atoms with E-state index in [1.807, 2.05) is 30.3 Å². The second-order valence-electron chi connectivity index (χ2n) is 5.56. The zero-order valence-electron chi connectivity index (χ0n) is 13.6. The molecule has 3 rings (SSSR count). The summed E-state index contributed by atoms with van der Waals surface area (Å²) in [5, 5.41) is 12.7. The van der Waals surface area contributed by atoms with Crippen LogP contribution in [0.1, 0.15) is 28.4 Å². The van der Waals surface area contributed by atoms with E-state index in [4.69, 9.17) is 9.15 Å². The molecule has 1 heterocycles. The molecule has 5 nitrogen and oxygen atoms in total. The number of hydrogen-bond acceptors (Lipinski definition) is 4. The van der Waals surface area contributed by atoms with Crippen LogP contribution < -0.4 is 10.1 Å². The normalized spacial score (nSPS) is 11.7. The Hall–Kier alpha value is -3.05. The van der Waals surface area contributed by atoms with Crippen LogP contribution in [0, 0.1) is 0 Å². The molecule has 1 unspecified atom stereocenters. The summed E-state index contributed by atoms with van der Waals surface area (Å²) in [5.74, 6) is 1.22. The molecule has 0 radical (unpaired) electrons. The van der Waals surface area contributed by atoms with Crippen molar-refractivity contribution in [2.24, 2.45) is 0 Å². The minimum atomic E-state index is -0.652. The van der Waals surface area contributed by atoms with Gasteiger partial charge in [-0.1, -0.05) is 18.2 Å². The van der Waals surface area contributed by atoms with Crippen molar-refractivity contribution in [1.82, 2.24) is 5.32 Å². The Kier molecular flexibility index (Phi) is 5.49. The number of carbonyl (C=O) groups excluding carboxylic acids is 1. The monoisotopic (exact) mass is 337 g/mol. The van der Waals surface area contributed by atoms with Crippen LogP contribution in [-0.4, -0.2) is 17.6 Å². The first kappa shape index (κ1) is 16.8. The van der Waals surface area contributed by atoms with Crippen LogP contribution >= 0.6 is 0 Å². The van der Waals surface area contributed by atoms with Gasteiger partial charge in [-0.2, -0.15) is 0 Å². The third-order valence-electron chi connectivity index (χ3n) is 3.73. The number of ether oxygens (including phenoxy) is 1. The smallest absolute Gasteiger partial charge is 0.251 e. The number of amides is 1. The number of furan rings is 1. The lowest BCUT2D eigenvalue weighted by atomic mass is 10.1. The highest BCUT2D eigenvalue weighted by molar-refractivity contribution is 5.94. The largest absolute Gasteiger partial charge is 0.472 e. The molecule has 1 amide bonds. The minimum Gasteiger partial charge on any atom is -0.472 e. The first-order valence-electron chi connectivity index (χ1n) is 8.04. The molecule has 2 aromatic carbocycles. The summed E-state index contributed by atoms with van der Waals surface area (Å²) >= 11 is 0. The lowest BCUT2D eigenvalue weighted by molar-refractivity contribution is 0.0942. The van der Waals surface area contributed by atoms with E-state index in [1.54, 1.807) is 30.3 Å². The average molecular weight is 337 g/mol. The molecule has 0 fully saturated rings. The fourth-order valence-corrected chi connectivity index (χ4v) is 2.35. The predicted molar refractivity (Wildman–Crippen MR) is 93.6 cm³/mol. The molecule has 0 bridgehead atoms. The molecule has 2 N–H and O–H groups in total. The SMILES string of the molecule is O=C(NCCC(O)c1ccoc1)c1ccc(Oc2ccccc2)cc1. The van der Waals surface area contributed by atoms with E-state index in [1.165, 1.54) is 12.5 Å². The van der Waals surface area contributed by atoms with E-state index in [-0.39, 0.29) is 5.91 Å². The second kappa shape index (κ2) is 8.17. The Morgan fingerprint density at radius 2 is 1.76 bits per heavy atom. The third-order valence-corrected chi connectivity index (χ3v) is 3.73. The number of aliphatic hydroxyl groups is 1. The van der Waals surface area contributed by atoms with Gasteiger partial charge in [0, 0.05) is 17.7 Å². The van der Waals surface area contributed by atoms with Crippen molar-refractivity contribution < 1.29 is 19.1 Å². The van der Waals surface area contributed by atoms with Crippen LogP contribution in [0.2, 0.25) is 0 Å². The van der Waals surface area contributed by atoms with Crippen molar-refractivity contribution in [1.29, 1.82) is 0 Å². The molecule has 128 valence electrons. The summed E-state index contributed by atoms with van der Waals surface area (Å²) in [6, 6.07) is 18.1. The molecule has 0 aliphatic rings. The summed E-state index contributed by atoms with van der Waals surface area (Å²) in [6.45, 7) is 0.368. The molecule has 25 heavy (non-hydrogen) atoms. The fraction of sp³-hybridized carbons (Fsp3) is 0.150. The topological polar surface area (TPSA) is 71.7 Å². The minimum absolute atomic E-state index is 0.189. The first-order chi connectivity index (χ1) is 12.2. The van der Waals surface area contributed by atoms with Crippen molar-refractivity contribution in [3.8, 4) is 11.5 Å². The van der Waals surface area contributed by atoms with Crippen LogP contribution in [0.25, 0.3) is 0 Å². The summed E-state index contributed by atoms with van der Waals surface area (Å²) in [5.41, 5.74) is 1.25. The van der Waals surface area contributed by atoms with E-state index < -0.39 is 6.10 Å². The molecule has 0 spiro atoms. The standard InChI is InChI=1S/C20H19NO4/c22-19(16-11-13-24-14-16)10-12-21-20(23)15-6-8-18(9-7-15)25-17-4-2-1-3-5-17/h1-9,11,13-14,19,22H,10,12H2,(H,21,23). The zero-order chi connectivity index (χ0) is 17.5. The fourth-order valence-electron chi connectivity index (χ4n) is 2.35. The van der Waals surface area contributed by atoms with Crippen LogP contribution in [0.3, 0.4) is 0 Å². The van der Waals surface area contributed by atoms with Gasteiger partial charge < -0.3 is 19.6 Å². The number of para-hydroxylation sites is 1. The van der Waals surface area contributed by atoms with Gasteiger partial charge >= 0.3 is 0 Å². The third kappa shape index (κ3) is 4.71. The van der Waals surface area contributed by atoms with Gasteiger partial charge in [-0.3, -0.25) is 4.79 Å². The average Bonchev–Trinajstić information content (AvgIpc) is 3.18. The number of carbonyl (C=O) groups is 1. The highest BCUT2D eigenvalue weighted by Gasteiger charge is 2.10. The molecule has 3 aromatic rings. The van der Waals surface area contributed by atoms with Crippen LogP contribution in [0.5, 0.6) is 11.5 Å². The Morgan fingerprint density at radius 3 is 2.44 bits per heavy atom. The number of aliphatic hydroxyl groups excluding tert-OH is 1. The maximum atomic E-state index is 12.1. The van der Waals surface area contributed by atoms with Gasteiger partial charge in [0.2, 0.25) is 0 Å². The van der Waals surface area contributed by atoms with Crippen LogP contribution in [0.15, 0.2) is 77.6 Å². The highest BCUT2D eigenvalue weighted by atomic mass is 16.5. The van der Waals surface area contributed by atoms with Gasteiger partial charge in [-0.15, -0.1) is 0 Å². The van der Waals surface area contributed by atoms with Gasteiger partial charge in [0.15, 0.2) is 0 Å². The summed E-state index contributed by atoms with van der Waals surface area (Å²) in [7, 11) is 0. The molecule has 0 saturated heterocycles. The Morgan fingerprint density at radius 1 is 1.04 bits per heavy atom. The summed E-state index contributed by atoms with van der Waals surface area (Å²) in [4.78, 5) is 12.1. The maximum Gasteiger partial charge on any atom is 0.251 e. The number of rotatable bonds is 7. The van der Waals surface area contributed by atoms with Crippen molar-refractivity contribution >= 4 is 5.91 Å². The lowest BCUT2D eigenvalue weighted by Gasteiger charge is -2.10. The van der Waals surface area contributed by atoms with Gasteiger partial charge in [-0.25, -0.2) is 0 Å². The lowest BCUT2D eigenvalue weighted by Crippen LogP contribution is -2.25. The molecular formula is C20H19NO4. The first-order valence-corrected chi connectivity index (χ1v) is 8.04. The number of benzene rings is 2. The van der Waals surface area contributed by atoms with Crippen molar-refractivity contribution in [3.05, 3.63) is 84.3 Å². The zero-order valence-corrected chi connectivity index (χ0v) is 13.6. The van der Waals surface area contributed by atoms with E-state index in [2.05, 4.69) is 5.32 Å². The summed E-state index contributed by atoms with van der Waals surface area (Å²) < 4.78 is 10.6. The predicted octanol–water partition coefficient (Wildman–Crippen LogP) is 3.93. The van der Waals surface area contributed by atoms with Gasteiger partial charge in [0.05, 0.1) is 18.6 Å². The Bertz CT molecular complexity index is 782. The van der Waals surface area contributed by atoms with E-state index in [9.17, 15) is 9.90 Å². The maximum absolute atomic E-state index is 12.1. The van der Waals surface area contributed by atoms with Crippen LogP contribution in [0.4, 0.5) is 0 Å². The second-order valence-corrected chi connectivity index (χ2v) is 5.56. The Balaban J connectivity index is 1.49. The quantitative estimate of drug-likeness (QED) is 0.685. The molecular weight excluding hydrogens is 318 g/mol.